The molecule has 2 aromatic rings. The largest absolute Gasteiger partial charge is 0.309 e. The van der Waals surface area contributed by atoms with E-state index in [1.165, 1.54) is 18.2 Å². The number of unbranched alkanes of at least 4 members (excludes halogenated alkanes) is 1. The fraction of sp³-hybridized carbons (Fsp3) is 0.471. The molecule has 20 heavy (non-hydrogen) atoms. The molecule has 0 radical (unpaired) electrons. The second kappa shape index (κ2) is 7.75. The molecule has 0 bridgehead atoms. The molecule has 1 heterocycles. The molecule has 1 aromatic carbocycles. The number of nitrogens with zero attached hydrogens (tertiary/aromatic N) is 1. The second-order valence-corrected chi connectivity index (χ2v) is 6.05. The minimum absolute atomic E-state index is 0.342. The molecular weight excluding hydrogens is 312 g/mol. The highest BCUT2D eigenvalue weighted by molar-refractivity contribution is 9.10. The van der Waals surface area contributed by atoms with Crippen LogP contribution in [-0.2, 0) is 0 Å². The number of pyridine rings is 1. The van der Waals surface area contributed by atoms with E-state index in [1.54, 1.807) is 0 Å². The fourth-order valence-corrected chi connectivity index (χ4v) is 3.02. The topological polar surface area (TPSA) is 24.9 Å². The van der Waals surface area contributed by atoms with Crippen LogP contribution in [0, 0.1) is 0 Å². The van der Waals surface area contributed by atoms with E-state index in [2.05, 4.69) is 59.4 Å². The molecule has 0 spiro atoms. The van der Waals surface area contributed by atoms with E-state index in [1.807, 2.05) is 6.07 Å². The summed E-state index contributed by atoms with van der Waals surface area (Å²) in [6.45, 7) is 5.47. The molecule has 0 aliphatic heterocycles. The van der Waals surface area contributed by atoms with Crippen LogP contribution in [0.2, 0.25) is 0 Å². The Morgan fingerprint density at radius 1 is 1.20 bits per heavy atom. The van der Waals surface area contributed by atoms with E-state index in [0.717, 1.165) is 35.1 Å². The molecule has 108 valence electrons. The van der Waals surface area contributed by atoms with Crippen molar-refractivity contribution in [2.45, 2.75) is 45.6 Å². The van der Waals surface area contributed by atoms with E-state index < -0.39 is 0 Å². The Morgan fingerprint density at radius 2 is 2.00 bits per heavy atom. The van der Waals surface area contributed by atoms with Gasteiger partial charge in [0, 0.05) is 9.86 Å². The van der Waals surface area contributed by atoms with Crippen molar-refractivity contribution in [1.82, 2.24) is 10.3 Å². The minimum Gasteiger partial charge on any atom is -0.309 e. The van der Waals surface area contributed by atoms with Gasteiger partial charge in [-0.2, -0.15) is 0 Å². The van der Waals surface area contributed by atoms with Crippen molar-refractivity contribution >= 4 is 26.8 Å². The molecule has 0 saturated carbocycles. The first-order chi connectivity index (χ1) is 9.76. The zero-order valence-corrected chi connectivity index (χ0v) is 13.9. The fourth-order valence-electron chi connectivity index (χ4n) is 2.41. The third kappa shape index (κ3) is 3.80. The summed E-state index contributed by atoms with van der Waals surface area (Å²) >= 11 is 3.70. The summed E-state index contributed by atoms with van der Waals surface area (Å²) in [5.74, 6) is 0. The number of hydrogen-bond acceptors (Lipinski definition) is 2. The van der Waals surface area contributed by atoms with Crippen molar-refractivity contribution in [3.8, 4) is 0 Å². The van der Waals surface area contributed by atoms with Gasteiger partial charge in [0.2, 0.25) is 0 Å². The lowest BCUT2D eigenvalue weighted by molar-refractivity contribution is 0.471. The molecule has 0 saturated heterocycles. The first-order valence-electron chi connectivity index (χ1n) is 7.54. The van der Waals surface area contributed by atoms with Crippen LogP contribution in [0.3, 0.4) is 0 Å². The molecule has 2 nitrogen and oxygen atoms in total. The van der Waals surface area contributed by atoms with Gasteiger partial charge < -0.3 is 5.32 Å². The van der Waals surface area contributed by atoms with E-state index in [4.69, 9.17) is 4.98 Å². The maximum absolute atomic E-state index is 4.87. The van der Waals surface area contributed by atoms with Crippen LogP contribution in [0.25, 0.3) is 10.9 Å². The minimum atomic E-state index is 0.342. The van der Waals surface area contributed by atoms with Crippen LogP contribution >= 0.6 is 15.9 Å². The molecule has 0 aliphatic carbocycles. The third-order valence-corrected chi connectivity index (χ3v) is 4.16. The zero-order valence-electron chi connectivity index (χ0n) is 12.3. The van der Waals surface area contributed by atoms with Gasteiger partial charge >= 0.3 is 0 Å². The van der Waals surface area contributed by atoms with Crippen molar-refractivity contribution in [3.63, 3.8) is 0 Å². The quantitative estimate of drug-likeness (QED) is 0.749. The predicted octanol–water partition coefficient (Wildman–Crippen LogP) is 5.23. The van der Waals surface area contributed by atoms with Gasteiger partial charge in [0.1, 0.15) is 0 Å². The first kappa shape index (κ1) is 15.5. The van der Waals surface area contributed by atoms with E-state index >= 15 is 0 Å². The summed E-state index contributed by atoms with van der Waals surface area (Å²) in [7, 11) is 0. The highest BCUT2D eigenvalue weighted by Crippen LogP contribution is 2.28. The van der Waals surface area contributed by atoms with Crippen molar-refractivity contribution < 1.29 is 0 Å². The summed E-state index contributed by atoms with van der Waals surface area (Å²) < 4.78 is 1.11. The van der Waals surface area contributed by atoms with Gasteiger partial charge in [-0.3, -0.25) is 0 Å². The average Bonchev–Trinajstić information content (AvgIpc) is 2.47. The highest BCUT2D eigenvalue weighted by atomic mass is 79.9. The zero-order chi connectivity index (χ0) is 14.4. The Kier molecular flexibility index (Phi) is 5.99. The molecule has 0 amide bonds. The number of benzene rings is 1. The number of hydrogen-bond donors (Lipinski definition) is 1. The number of halogens is 1. The lowest BCUT2D eigenvalue weighted by Crippen LogP contribution is -2.23. The third-order valence-electron chi connectivity index (χ3n) is 3.52. The summed E-state index contributed by atoms with van der Waals surface area (Å²) in [4.78, 5) is 4.87. The van der Waals surface area contributed by atoms with Gasteiger partial charge in [-0.25, -0.2) is 4.98 Å². The number of fused-ring (bicyclic) bond motifs is 1. The first-order valence-corrected chi connectivity index (χ1v) is 8.34. The van der Waals surface area contributed by atoms with Crippen LogP contribution in [0.5, 0.6) is 0 Å². The van der Waals surface area contributed by atoms with Crippen LogP contribution in [-0.4, -0.2) is 11.5 Å². The maximum atomic E-state index is 4.87. The lowest BCUT2D eigenvalue weighted by Gasteiger charge is -2.19. The van der Waals surface area contributed by atoms with Crippen molar-refractivity contribution in [2.75, 3.05) is 6.54 Å². The maximum Gasteiger partial charge on any atom is 0.0722 e. The highest BCUT2D eigenvalue weighted by Gasteiger charge is 2.15. The molecule has 1 atom stereocenters. The number of aromatic nitrogens is 1. The van der Waals surface area contributed by atoms with Gasteiger partial charge in [-0.15, -0.1) is 0 Å². The molecule has 1 unspecified atom stereocenters. The summed E-state index contributed by atoms with van der Waals surface area (Å²) in [5.41, 5.74) is 2.22. The monoisotopic (exact) mass is 334 g/mol. The molecule has 2 rings (SSSR count). The Hall–Kier alpha value is -0.930. The predicted molar refractivity (Wildman–Crippen MR) is 90.0 cm³/mol. The molecule has 0 fully saturated rings. The van der Waals surface area contributed by atoms with Gasteiger partial charge in [-0.05, 0) is 47.4 Å². The molecule has 0 aliphatic rings. The molecule has 1 N–H and O–H groups in total. The standard InChI is InChI=1S/C17H23BrN2/c1-3-5-9-16(19-11-4-2)17-14(18)12-13-8-6-7-10-15(13)20-17/h6-8,10,12,16,19H,3-5,9,11H2,1-2H3. The van der Waals surface area contributed by atoms with Crippen molar-refractivity contribution in [3.05, 3.63) is 40.5 Å². The number of para-hydroxylation sites is 1. The van der Waals surface area contributed by atoms with Crippen LogP contribution in [0.1, 0.15) is 51.3 Å². The van der Waals surface area contributed by atoms with Crippen molar-refractivity contribution in [2.24, 2.45) is 0 Å². The Labute approximate surface area is 130 Å². The average molecular weight is 335 g/mol. The van der Waals surface area contributed by atoms with Crippen LogP contribution in [0.4, 0.5) is 0 Å². The van der Waals surface area contributed by atoms with E-state index in [-0.39, 0.29) is 0 Å². The smallest absolute Gasteiger partial charge is 0.0722 e. The molecule has 3 heteroatoms. The summed E-state index contributed by atoms with van der Waals surface area (Å²) in [5, 5.41) is 4.82. The van der Waals surface area contributed by atoms with Crippen molar-refractivity contribution in [1.29, 1.82) is 0 Å². The number of rotatable bonds is 7. The SMILES string of the molecule is CCCCC(NCCC)c1nc2ccccc2cc1Br. The Bertz CT molecular complexity index is 546. The normalized spacial score (nSPS) is 12.8. The molecular formula is C17H23BrN2. The Balaban J connectivity index is 2.32. The lowest BCUT2D eigenvalue weighted by atomic mass is 10.0. The summed E-state index contributed by atoms with van der Waals surface area (Å²) in [6, 6.07) is 10.8. The van der Waals surface area contributed by atoms with E-state index in [0.29, 0.717) is 6.04 Å². The second-order valence-electron chi connectivity index (χ2n) is 5.20. The van der Waals surface area contributed by atoms with Crippen LogP contribution < -0.4 is 5.32 Å². The summed E-state index contributed by atoms with van der Waals surface area (Å²) in [6.07, 6.45) is 4.73. The number of nitrogens with one attached hydrogen (secondary N) is 1. The molecule has 1 aromatic heterocycles. The van der Waals surface area contributed by atoms with Gasteiger partial charge in [0.15, 0.2) is 0 Å². The van der Waals surface area contributed by atoms with Gasteiger partial charge in [-0.1, -0.05) is 44.9 Å². The van der Waals surface area contributed by atoms with Gasteiger partial charge in [0.25, 0.3) is 0 Å². The van der Waals surface area contributed by atoms with Crippen LogP contribution in [0.15, 0.2) is 34.8 Å². The van der Waals surface area contributed by atoms with E-state index in [9.17, 15) is 0 Å². The van der Waals surface area contributed by atoms with Gasteiger partial charge in [0.05, 0.1) is 17.3 Å². The Morgan fingerprint density at radius 3 is 2.75 bits per heavy atom.